The van der Waals surface area contributed by atoms with Crippen LogP contribution < -0.4 is 10.0 Å². The fraction of sp³-hybridized carbons (Fsp3) is 0.333. The van der Waals surface area contributed by atoms with Gasteiger partial charge in [0.15, 0.2) is 5.82 Å². The summed E-state index contributed by atoms with van der Waals surface area (Å²) in [6.07, 6.45) is 5.35. The standard InChI is InChI=1S/C15H20N4O3S/c1-11(16-2)10-14-17-15(22-18-14)9-6-12-4-7-13(8-5-12)19-23(3,20)21/h4-9,11,16,19H,10H2,1-3H3/b9-6+. The minimum atomic E-state index is -3.26. The van der Waals surface area contributed by atoms with Gasteiger partial charge in [-0.05, 0) is 37.7 Å². The van der Waals surface area contributed by atoms with Gasteiger partial charge in [-0.25, -0.2) is 8.42 Å². The van der Waals surface area contributed by atoms with Crippen molar-refractivity contribution < 1.29 is 12.9 Å². The molecule has 0 saturated carbocycles. The first kappa shape index (κ1) is 17.2. The molecule has 23 heavy (non-hydrogen) atoms. The Labute approximate surface area is 135 Å². The van der Waals surface area contributed by atoms with E-state index in [1.807, 2.05) is 20.0 Å². The SMILES string of the molecule is CNC(C)Cc1noc(/C=C/c2ccc(NS(C)(=O)=O)cc2)n1. The maximum Gasteiger partial charge on any atom is 0.250 e. The third-order valence-electron chi connectivity index (χ3n) is 3.10. The summed E-state index contributed by atoms with van der Waals surface area (Å²) in [7, 11) is -1.38. The number of benzene rings is 1. The maximum atomic E-state index is 11.1. The van der Waals surface area contributed by atoms with Gasteiger partial charge in [-0.2, -0.15) is 4.98 Å². The molecule has 1 aromatic carbocycles. The van der Waals surface area contributed by atoms with Crippen molar-refractivity contribution in [2.24, 2.45) is 0 Å². The molecule has 8 heteroatoms. The van der Waals surface area contributed by atoms with E-state index in [1.54, 1.807) is 30.3 Å². The first-order valence-corrected chi connectivity index (χ1v) is 9.00. The van der Waals surface area contributed by atoms with E-state index in [4.69, 9.17) is 4.52 Å². The third-order valence-corrected chi connectivity index (χ3v) is 3.70. The molecule has 1 heterocycles. The number of nitrogens with zero attached hydrogens (tertiary/aromatic N) is 2. The Morgan fingerprint density at radius 1 is 1.26 bits per heavy atom. The number of hydrogen-bond acceptors (Lipinski definition) is 6. The molecule has 0 spiro atoms. The van der Waals surface area contributed by atoms with Gasteiger partial charge in [0.25, 0.3) is 5.89 Å². The monoisotopic (exact) mass is 336 g/mol. The zero-order valence-electron chi connectivity index (χ0n) is 13.3. The summed E-state index contributed by atoms with van der Waals surface area (Å²) in [6.45, 7) is 2.04. The lowest BCUT2D eigenvalue weighted by Crippen LogP contribution is -2.24. The predicted molar refractivity (Wildman–Crippen MR) is 90.4 cm³/mol. The van der Waals surface area contributed by atoms with Crippen LogP contribution in [0, 0.1) is 0 Å². The van der Waals surface area contributed by atoms with Gasteiger partial charge in [-0.15, -0.1) is 0 Å². The number of hydrogen-bond donors (Lipinski definition) is 2. The van der Waals surface area contributed by atoms with E-state index in [2.05, 4.69) is 20.2 Å². The zero-order valence-corrected chi connectivity index (χ0v) is 14.1. The largest absolute Gasteiger partial charge is 0.335 e. The number of anilines is 1. The van der Waals surface area contributed by atoms with E-state index in [1.165, 1.54) is 0 Å². The molecule has 2 aromatic rings. The first-order chi connectivity index (χ1) is 10.9. The molecule has 7 nitrogen and oxygen atoms in total. The minimum Gasteiger partial charge on any atom is -0.335 e. The zero-order chi connectivity index (χ0) is 16.9. The van der Waals surface area contributed by atoms with E-state index < -0.39 is 10.0 Å². The molecule has 124 valence electrons. The quantitative estimate of drug-likeness (QED) is 0.800. The van der Waals surface area contributed by atoms with Crippen molar-refractivity contribution in [3.63, 3.8) is 0 Å². The highest BCUT2D eigenvalue weighted by Crippen LogP contribution is 2.13. The average molecular weight is 336 g/mol. The molecule has 2 N–H and O–H groups in total. The second-order valence-corrected chi connectivity index (χ2v) is 7.02. The number of likely N-dealkylation sites (N-methyl/N-ethyl adjacent to an activating group) is 1. The number of sulfonamides is 1. The van der Waals surface area contributed by atoms with Gasteiger partial charge in [-0.1, -0.05) is 17.3 Å². The van der Waals surface area contributed by atoms with Gasteiger partial charge < -0.3 is 9.84 Å². The molecule has 0 fully saturated rings. The van der Waals surface area contributed by atoms with Crippen LogP contribution in [0.1, 0.15) is 24.2 Å². The van der Waals surface area contributed by atoms with E-state index in [-0.39, 0.29) is 6.04 Å². The van der Waals surface area contributed by atoms with E-state index in [9.17, 15) is 8.42 Å². The van der Waals surface area contributed by atoms with Crippen molar-refractivity contribution in [2.45, 2.75) is 19.4 Å². The molecule has 0 saturated heterocycles. The average Bonchev–Trinajstić information content (AvgIpc) is 2.92. The van der Waals surface area contributed by atoms with Crippen LogP contribution in [0.3, 0.4) is 0 Å². The topological polar surface area (TPSA) is 97.1 Å². The third kappa shape index (κ3) is 5.84. The predicted octanol–water partition coefficient (Wildman–Crippen LogP) is 1.76. The van der Waals surface area contributed by atoms with Crippen molar-refractivity contribution in [1.82, 2.24) is 15.5 Å². The van der Waals surface area contributed by atoms with Crippen LogP contribution in [0.2, 0.25) is 0 Å². The Morgan fingerprint density at radius 3 is 2.57 bits per heavy atom. The Morgan fingerprint density at radius 2 is 1.96 bits per heavy atom. The van der Waals surface area contributed by atoms with Crippen LogP contribution in [0.15, 0.2) is 28.8 Å². The highest BCUT2D eigenvalue weighted by atomic mass is 32.2. The summed E-state index contributed by atoms with van der Waals surface area (Å²) in [5.74, 6) is 1.08. The molecular weight excluding hydrogens is 316 g/mol. The Hall–Kier alpha value is -2.19. The van der Waals surface area contributed by atoms with Crippen LogP contribution in [-0.2, 0) is 16.4 Å². The van der Waals surface area contributed by atoms with Crippen LogP contribution in [-0.4, -0.2) is 37.9 Å². The first-order valence-electron chi connectivity index (χ1n) is 7.11. The highest BCUT2D eigenvalue weighted by molar-refractivity contribution is 7.92. The molecule has 0 bridgehead atoms. The molecular formula is C15H20N4O3S. The molecule has 0 aliphatic rings. The lowest BCUT2D eigenvalue weighted by molar-refractivity contribution is 0.400. The smallest absolute Gasteiger partial charge is 0.250 e. The summed E-state index contributed by atoms with van der Waals surface area (Å²) in [5.41, 5.74) is 1.41. The van der Waals surface area contributed by atoms with Crippen molar-refractivity contribution in [2.75, 3.05) is 18.0 Å². The fourth-order valence-corrected chi connectivity index (χ4v) is 2.40. The lowest BCUT2D eigenvalue weighted by Gasteiger charge is -2.04. The van der Waals surface area contributed by atoms with Crippen molar-refractivity contribution >= 4 is 27.9 Å². The van der Waals surface area contributed by atoms with Crippen LogP contribution >= 0.6 is 0 Å². The summed E-state index contributed by atoms with van der Waals surface area (Å²) < 4.78 is 29.8. The van der Waals surface area contributed by atoms with E-state index in [0.29, 0.717) is 23.8 Å². The van der Waals surface area contributed by atoms with Crippen LogP contribution in [0.25, 0.3) is 12.2 Å². The molecule has 2 rings (SSSR count). The van der Waals surface area contributed by atoms with Crippen molar-refractivity contribution in [3.8, 4) is 0 Å². The molecule has 0 amide bonds. The normalized spacial score (nSPS) is 13.3. The second-order valence-electron chi connectivity index (χ2n) is 5.27. The molecule has 0 radical (unpaired) electrons. The summed E-state index contributed by atoms with van der Waals surface area (Å²) >= 11 is 0. The van der Waals surface area contributed by atoms with Gasteiger partial charge in [0, 0.05) is 24.2 Å². The van der Waals surface area contributed by atoms with Crippen LogP contribution in [0.5, 0.6) is 0 Å². The lowest BCUT2D eigenvalue weighted by atomic mass is 10.2. The molecule has 1 aromatic heterocycles. The summed E-state index contributed by atoms with van der Waals surface area (Å²) in [4.78, 5) is 4.28. The fourth-order valence-electron chi connectivity index (χ4n) is 1.84. The summed E-state index contributed by atoms with van der Waals surface area (Å²) in [5, 5.41) is 7.03. The second kappa shape index (κ2) is 7.38. The van der Waals surface area contributed by atoms with Gasteiger partial charge in [0.1, 0.15) is 0 Å². The van der Waals surface area contributed by atoms with Crippen molar-refractivity contribution in [3.05, 3.63) is 41.5 Å². The van der Waals surface area contributed by atoms with Gasteiger partial charge in [-0.3, -0.25) is 4.72 Å². The molecule has 1 atom stereocenters. The summed E-state index contributed by atoms with van der Waals surface area (Å²) in [6, 6.07) is 7.25. The Balaban J connectivity index is 2.00. The number of rotatable bonds is 7. The van der Waals surface area contributed by atoms with Gasteiger partial charge >= 0.3 is 0 Å². The Kier molecular flexibility index (Phi) is 5.51. The molecule has 0 aliphatic heterocycles. The van der Waals surface area contributed by atoms with E-state index >= 15 is 0 Å². The molecule has 1 unspecified atom stereocenters. The van der Waals surface area contributed by atoms with E-state index in [0.717, 1.165) is 11.8 Å². The molecule has 0 aliphatic carbocycles. The van der Waals surface area contributed by atoms with Crippen molar-refractivity contribution in [1.29, 1.82) is 0 Å². The van der Waals surface area contributed by atoms with Gasteiger partial charge in [0.2, 0.25) is 10.0 Å². The number of aromatic nitrogens is 2. The van der Waals surface area contributed by atoms with Crippen LogP contribution in [0.4, 0.5) is 5.69 Å². The Bertz CT molecular complexity index is 766. The number of nitrogens with one attached hydrogen (secondary N) is 2. The van der Waals surface area contributed by atoms with Gasteiger partial charge in [0.05, 0.1) is 6.26 Å². The maximum absolute atomic E-state index is 11.1. The highest BCUT2D eigenvalue weighted by Gasteiger charge is 2.07. The minimum absolute atomic E-state index is 0.277.